The summed E-state index contributed by atoms with van der Waals surface area (Å²) in [6, 6.07) is 5.85. The lowest BCUT2D eigenvalue weighted by Gasteiger charge is -2.27. The van der Waals surface area contributed by atoms with E-state index in [2.05, 4.69) is 17.1 Å². The Morgan fingerprint density at radius 3 is 2.94 bits per heavy atom. The van der Waals surface area contributed by atoms with E-state index in [9.17, 15) is 5.11 Å². The molecule has 1 unspecified atom stereocenters. The van der Waals surface area contributed by atoms with Crippen LogP contribution < -0.4 is 5.32 Å². The summed E-state index contributed by atoms with van der Waals surface area (Å²) in [4.78, 5) is 2.36. The number of aromatic hydroxyl groups is 1. The highest BCUT2D eigenvalue weighted by atomic mass is 35.5. The van der Waals surface area contributed by atoms with Crippen LogP contribution in [0.5, 0.6) is 5.75 Å². The van der Waals surface area contributed by atoms with Crippen LogP contribution in [0.15, 0.2) is 18.2 Å². The molecule has 0 bridgehead atoms. The standard InChI is InChI=1S/C13H19ClN2O/c1-2-16(10-6-7-15-8-10)9-11-12(14)4-3-5-13(11)17/h3-5,10,15,17H,2,6-9H2,1H3. The van der Waals surface area contributed by atoms with Crippen LogP contribution in [0.3, 0.4) is 0 Å². The van der Waals surface area contributed by atoms with E-state index in [-0.39, 0.29) is 0 Å². The highest BCUT2D eigenvalue weighted by molar-refractivity contribution is 6.31. The van der Waals surface area contributed by atoms with Gasteiger partial charge in [-0.1, -0.05) is 24.6 Å². The number of benzene rings is 1. The Kier molecular flexibility index (Phi) is 4.26. The molecule has 4 heteroatoms. The van der Waals surface area contributed by atoms with Crippen LogP contribution in [0.25, 0.3) is 0 Å². The van der Waals surface area contributed by atoms with Gasteiger partial charge in [-0.25, -0.2) is 0 Å². The Labute approximate surface area is 107 Å². The second-order valence-electron chi connectivity index (χ2n) is 4.45. The van der Waals surface area contributed by atoms with E-state index < -0.39 is 0 Å². The maximum atomic E-state index is 9.85. The van der Waals surface area contributed by atoms with Gasteiger partial charge in [-0.05, 0) is 31.6 Å². The van der Waals surface area contributed by atoms with Gasteiger partial charge in [0.2, 0.25) is 0 Å². The summed E-state index contributed by atoms with van der Waals surface area (Å²) in [5, 5.41) is 13.9. The van der Waals surface area contributed by atoms with Gasteiger partial charge >= 0.3 is 0 Å². The van der Waals surface area contributed by atoms with Crippen molar-refractivity contribution < 1.29 is 5.11 Å². The number of rotatable bonds is 4. The smallest absolute Gasteiger partial charge is 0.121 e. The molecule has 0 aromatic heterocycles. The lowest BCUT2D eigenvalue weighted by atomic mass is 10.1. The van der Waals surface area contributed by atoms with Crippen molar-refractivity contribution in [3.63, 3.8) is 0 Å². The molecule has 0 amide bonds. The zero-order chi connectivity index (χ0) is 12.3. The lowest BCUT2D eigenvalue weighted by Crippen LogP contribution is -2.36. The summed E-state index contributed by atoms with van der Waals surface area (Å²) in [5.41, 5.74) is 0.836. The SMILES string of the molecule is CCN(Cc1c(O)cccc1Cl)C1CCNC1. The van der Waals surface area contributed by atoms with E-state index in [0.29, 0.717) is 23.4 Å². The summed E-state index contributed by atoms with van der Waals surface area (Å²) in [6.07, 6.45) is 1.17. The molecule has 1 fully saturated rings. The average Bonchev–Trinajstić information content (AvgIpc) is 2.82. The van der Waals surface area contributed by atoms with Crippen molar-refractivity contribution in [3.05, 3.63) is 28.8 Å². The van der Waals surface area contributed by atoms with Gasteiger partial charge in [0.25, 0.3) is 0 Å². The van der Waals surface area contributed by atoms with Crippen LogP contribution in [0.1, 0.15) is 18.9 Å². The van der Waals surface area contributed by atoms with E-state index >= 15 is 0 Å². The molecule has 0 aliphatic carbocycles. The highest BCUT2D eigenvalue weighted by Gasteiger charge is 2.22. The van der Waals surface area contributed by atoms with Crippen LogP contribution in [0, 0.1) is 0 Å². The molecule has 1 aliphatic rings. The van der Waals surface area contributed by atoms with Gasteiger partial charge in [-0.3, -0.25) is 4.90 Å². The van der Waals surface area contributed by atoms with Crippen LogP contribution in [-0.4, -0.2) is 35.7 Å². The minimum Gasteiger partial charge on any atom is -0.508 e. The van der Waals surface area contributed by atoms with E-state index in [1.807, 2.05) is 6.07 Å². The molecular formula is C13H19ClN2O. The molecule has 0 saturated carbocycles. The molecule has 2 rings (SSSR count). The average molecular weight is 255 g/mol. The van der Waals surface area contributed by atoms with Gasteiger partial charge in [0, 0.05) is 29.7 Å². The largest absolute Gasteiger partial charge is 0.508 e. The van der Waals surface area contributed by atoms with Crippen molar-refractivity contribution in [1.82, 2.24) is 10.2 Å². The highest BCUT2D eigenvalue weighted by Crippen LogP contribution is 2.27. The third-order valence-corrected chi connectivity index (χ3v) is 3.77. The summed E-state index contributed by atoms with van der Waals surface area (Å²) in [5.74, 6) is 0.293. The Balaban J connectivity index is 2.12. The van der Waals surface area contributed by atoms with Gasteiger partial charge < -0.3 is 10.4 Å². The number of nitrogens with zero attached hydrogens (tertiary/aromatic N) is 1. The summed E-state index contributed by atoms with van der Waals surface area (Å²) in [6.45, 7) is 5.94. The number of phenols is 1. The molecule has 1 aromatic rings. The molecule has 1 saturated heterocycles. The molecule has 1 atom stereocenters. The second kappa shape index (κ2) is 5.71. The van der Waals surface area contributed by atoms with E-state index in [0.717, 1.165) is 25.2 Å². The Bertz CT molecular complexity index is 357. The number of halogens is 1. The zero-order valence-electron chi connectivity index (χ0n) is 10.1. The third kappa shape index (κ3) is 2.92. The normalized spacial score (nSPS) is 20.1. The Hall–Kier alpha value is -0.770. The molecular weight excluding hydrogens is 236 g/mol. The molecule has 1 heterocycles. The first-order chi connectivity index (χ1) is 8.22. The first-order valence-electron chi connectivity index (χ1n) is 6.13. The molecule has 1 aromatic carbocycles. The molecule has 1 aliphatic heterocycles. The number of phenolic OH excluding ortho intramolecular Hbond substituents is 1. The summed E-state index contributed by atoms with van der Waals surface area (Å²) >= 11 is 6.13. The van der Waals surface area contributed by atoms with Crippen LogP contribution >= 0.6 is 11.6 Å². The van der Waals surface area contributed by atoms with Crippen molar-refractivity contribution >= 4 is 11.6 Å². The van der Waals surface area contributed by atoms with Gasteiger partial charge in [-0.15, -0.1) is 0 Å². The Morgan fingerprint density at radius 2 is 2.35 bits per heavy atom. The first-order valence-corrected chi connectivity index (χ1v) is 6.51. The molecule has 0 spiro atoms. The van der Waals surface area contributed by atoms with Crippen LogP contribution in [-0.2, 0) is 6.54 Å². The topological polar surface area (TPSA) is 35.5 Å². The van der Waals surface area contributed by atoms with Gasteiger partial charge in [0.05, 0.1) is 0 Å². The number of nitrogens with one attached hydrogen (secondary N) is 1. The fourth-order valence-corrected chi connectivity index (χ4v) is 2.59. The van der Waals surface area contributed by atoms with Crippen molar-refractivity contribution in [1.29, 1.82) is 0 Å². The molecule has 3 nitrogen and oxygen atoms in total. The molecule has 0 radical (unpaired) electrons. The van der Waals surface area contributed by atoms with E-state index in [1.165, 1.54) is 6.42 Å². The monoisotopic (exact) mass is 254 g/mol. The van der Waals surface area contributed by atoms with E-state index in [4.69, 9.17) is 11.6 Å². The van der Waals surface area contributed by atoms with E-state index in [1.54, 1.807) is 12.1 Å². The van der Waals surface area contributed by atoms with Crippen LogP contribution in [0.4, 0.5) is 0 Å². The number of hydrogen-bond donors (Lipinski definition) is 2. The van der Waals surface area contributed by atoms with Crippen molar-refractivity contribution in [2.45, 2.75) is 25.9 Å². The van der Waals surface area contributed by atoms with Crippen LogP contribution in [0.2, 0.25) is 5.02 Å². The third-order valence-electron chi connectivity index (χ3n) is 3.41. The Morgan fingerprint density at radius 1 is 1.53 bits per heavy atom. The predicted molar refractivity (Wildman–Crippen MR) is 70.5 cm³/mol. The number of hydrogen-bond acceptors (Lipinski definition) is 3. The fraction of sp³-hybridized carbons (Fsp3) is 0.538. The van der Waals surface area contributed by atoms with Crippen molar-refractivity contribution in [2.75, 3.05) is 19.6 Å². The summed E-state index contributed by atoms with van der Waals surface area (Å²) in [7, 11) is 0. The predicted octanol–water partition coefficient (Wildman–Crippen LogP) is 2.23. The second-order valence-corrected chi connectivity index (χ2v) is 4.85. The van der Waals surface area contributed by atoms with Crippen molar-refractivity contribution in [3.8, 4) is 5.75 Å². The lowest BCUT2D eigenvalue weighted by molar-refractivity contribution is 0.208. The molecule has 2 N–H and O–H groups in total. The number of likely N-dealkylation sites (N-methyl/N-ethyl adjacent to an activating group) is 1. The summed E-state index contributed by atoms with van der Waals surface area (Å²) < 4.78 is 0. The minimum absolute atomic E-state index is 0.293. The van der Waals surface area contributed by atoms with Gasteiger partial charge in [0.15, 0.2) is 0 Å². The zero-order valence-corrected chi connectivity index (χ0v) is 10.9. The maximum absolute atomic E-state index is 9.85. The molecule has 17 heavy (non-hydrogen) atoms. The maximum Gasteiger partial charge on any atom is 0.121 e. The fourth-order valence-electron chi connectivity index (χ4n) is 2.36. The quantitative estimate of drug-likeness (QED) is 0.865. The van der Waals surface area contributed by atoms with Gasteiger partial charge in [0.1, 0.15) is 5.75 Å². The minimum atomic E-state index is 0.293. The van der Waals surface area contributed by atoms with Gasteiger partial charge in [-0.2, -0.15) is 0 Å². The van der Waals surface area contributed by atoms with Crippen molar-refractivity contribution in [2.24, 2.45) is 0 Å². The first kappa shape index (κ1) is 12.7. The molecule has 94 valence electrons.